The van der Waals surface area contributed by atoms with Crippen LogP contribution in [0.25, 0.3) is 22.6 Å². The van der Waals surface area contributed by atoms with Crippen LogP contribution in [0.5, 0.6) is 0 Å². The summed E-state index contributed by atoms with van der Waals surface area (Å²) in [7, 11) is 0. The molecule has 0 saturated heterocycles. The first-order valence-electron chi connectivity index (χ1n) is 8.02. The second kappa shape index (κ2) is 7.31. The predicted molar refractivity (Wildman–Crippen MR) is 97.4 cm³/mol. The number of furan rings is 1. The molecule has 0 aliphatic rings. The van der Waals surface area contributed by atoms with E-state index in [4.69, 9.17) is 4.42 Å². The molecule has 0 aliphatic heterocycles. The van der Waals surface area contributed by atoms with E-state index in [9.17, 15) is 39.6 Å². The summed E-state index contributed by atoms with van der Waals surface area (Å²) in [6.45, 7) is 0. The van der Waals surface area contributed by atoms with Gasteiger partial charge in [0.2, 0.25) is 0 Å². The first-order chi connectivity index (χ1) is 13.7. The highest BCUT2D eigenvalue weighted by atomic mass is 16.4. The Morgan fingerprint density at radius 1 is 0.552 bits per heavy atom. The fraction of sp³-hybridized carbons (Fsp3) is 0. The first-order valence-corrected chi connectivity index (χ1v) is 8.02. The highest BCUT2D eigenvalue weighted by Crippen LogP contribution is 2.34. The van der Waals surface area contributed by atoms with Crippen LogP contribution in [-0.2, 0) is 0 Å². The van der Waals surface area contributed by atoms with E-state index in [1.54, 1.807) is 0 Å². The van der Waals surface area contributed by atoms with E-state index in [2.05, 4.69) is 0 Å². The monoisotopic (exact) mass is 396 g/mol. The van der Waals surface area contributed by atoms with Gasteiger partial charge in [-0.05, 0) is 24.3 Å². The second-order valence-corrected chi connectivity index (χ2v) is 5.84. The number of carboxylic acid groups (broad SMARTS) is 4. The number of hydrogen-bond acceptors (Lipinski definition) is 5. The normalized spacial score (nSPS) is 10.5. The standard InChI is InChI=1S/C20H12O9/c21-17(22)11-5-1-3-9(15(11)19(25)26)13-7-8-14(29-13)10-4-2-6-12(18(23)24)16(10)20(27)28/h1-8H,(H,21,22)(H,23,24)(H,25,26)(H,27,28). The molecule has 0 unspecified atom stereocenters. The third-order valence-corrected chi connectivity index (χ3v) is 4.15. The van der Waals surface area contributed by atoms with Gasteiger partial charge >= 0.3 is 23.9 Å². The highest BCUT2D eigenvalue weighted by molar-refractivity contribution is 6.07. The van der Waals surface area contributed by atoms with Crippen molar-refractivity contribution < 1.29 is 44.0 Å². The topological polar surface area (TPSA) is 162 Å². The van der Waals surface area contributed by atoms with Crippen molar-refractivity contribution in [3.63, 3.8) is 0 Å². The van der Waals surface area contributed by atoms with Gasteiger partial charge in [0.15, 0.2) is 0 Å². The Kier molecular flexibility index (Phi) is 4.88. The fourth-order valence-electron chi connectivity index (χ4n) is 2.96. The summed E-state index contributed by atoms with van der Waals surface area (Å²) in [4.78, 5) is 45.9. The average molecular weight is 396 g/mol. The molecule has 3 aromatic rings. The molecule has 0 atom stereocenters. The molecule has 1 heterocycles. The van der Waals surface area contributed by atoms with Crippen LogP contribution in [0.2, 0.25) is 0 Å². The molecule has 0 bridgehead atoms. The van der Waals surface area contributed by atoms with Crippen LogP contribution in [0.1, 0.15) is 41.4 Å². The maximum atomic E-state index is 11.6. The molecule has 9 nitrogen and oxygen atoms in total. The van der Waals surface area contributed by atoms with Crippen LogP contribution in [0.3, 0.4) is 0 Å². The molecular weight excluding hydrogens is 384 g/mol. The molecule has 0 spiro atoms. The number of rotatable bonds is 6. The average Bonchev–Trinajstić information content (AvgIpc) is 3.16. The van der Waals surface area contributed by atoms with Crippen molar-refractivity contribution in [3.05, 3.63) is 70.8 Å². The van der Waals surface area contributed by atoms with E-state index in [1.165, 1.54) is 36.4 Å². The van der Waals surface area contributed by atoms with Crippen molar-refractivity contribution in [2.45, 2.75) is 0 Å². The Labute approximate surface area is 162 Å². The molecule has 0 saturated carbocycles. The maximum absolute atomic E-state index is 11.6. The van der Waals surface area contributed by atoms with Crippen molar-refractivity contribution in [1.82, 2.24) is 0 Å². The number of hydrogen-bond donors (Lipinski definition) is 4. The minimum Gasteiger partial charge on any atom is -0.478 e. The van der Waals surface area contributed by atoms with Crippen LogP contribution in [0.15, 0.2) is 52.9 Å². The smallest absolute Gasteiger partial charge is 0.337 e. The van der Waals surface area contributed by atoms with Crippen LogP contribution in [0, 0.1) is 0 Å². The molecule has 1 aromatic heterocycles. The van der Waals surface area contributed by atoms with Gasteiger partial charge in [-0.15, -0.1) is 0 Å². The van der Waals surface area contributed by atoms with Crippen LogP contribution >= 0.6 is 0 Å². The lowest BCUT2D eigenvalue weighted by atomic mass is 9.99. The van der Waals surface area contributed by atoms with Crippen LogP contribution in [0.4, 0.5) is 0 Å². The van der Waals surface area contributed by atoms with Crippen molar-refractivity contribution >= 4 is 23.9 Å². The quantitative estimate of drug-likeness (QED) is 0.489. The minimum atomic E-state index is -1.48. The number of carboxylic acids is 4. The molecule has 9 heteroatoms. The van der Waals surface area contributed by atoms with E-state index >= 15 is 0 Å². The van der Waals surface area contributed by atoms with E-state index in [0.29, 0.717) is 0 Å². The van der Waals surface area contributed by atoms with Gasteiger partial charge in [-0.25, -0.2) is 19.2 Å². The summed E-state index contributed by atoms with van der Waals surface area (Å²) in [6, 6.07) is 10.4. The van der Waals surface area contributed by atoms with Crippen LogP contribution in [-0.4, -0.2) is 44.3 Å². The Balaban J connectivity index is 2.20. The van der Waals surface area contributed by atoms with Gasteiger partial charge in [0, 0.05) is 11.1 Å². The zero-order valence-corrected chi connectivity index (χ0v) is 14.4. The van der Waals surface area contributed by atoms with Gasteiger partial charge in [0.25, 0.3) is 0 Å². The highest BCUT2D eigenvalue weighted by Gasteiger charge is 2.25. The van der Waals surface area contributed by atoms with Gasteiger partial charge in [-0.2, -0.15) is 0 Å². The number of carbonyl (C=O) groups is 4. The predicted octanol–water partition coefficient (Wildman–Crippen LogP) is 3.41. The molecule has 2 aromatic carbocycles. The lowest BCUT2D eigenvalue weighted by Crippen LogP contribution is -2.09. The summed E-state index contributed by atoms with van der Waals surface area (Å²) >= 11 is 0. The lowest BCUT2D eigenvalue weighted by Gasteiger charge is -2.08. The van der Waals surface area contributed by atoms with Gasteiger partial charge in [-0.1, -0.05) is 24.3 Å². The largest absolute Gasteiger partial charge is 0.478 e. The summed E-state index contributed by atoms with van der Waals surface area (Å²) in [6.07, 6.45) is 0. The zero-order valence-electron chi connectivity index (χ0n) is 14.4. The Morgan fingerprint density at radius 2 is 0.931 bits per heavy atom. The third kappa shape index (κ3) is 3.44. The minimum absolute atomic E-state index is 0.0161. The molecule has 0 radical (unpaired) electrons. The number of benzene rings is 2. The van der Waals surface area contributed by atoms with Crippen molar-refractivity contribution in [3.8, 4) is 22.6 Å². The van der Waals surface area contributed by atoms with E-state index in [1.807, 2.05) is 0 Å². The van der Waals surface area contributed by atoms with Gasteiger partial charge in [-0.3, -0.25) is 0 Å². The maximum Gasteiger partial charge on any atom is 0.337 e. The molecule has 3 rings (SSSR count). The zero-order chi connectivity index (χ0) is 21.3. The molecule has 146 valence electrons. The Bertz CT molecular complexity index is 1080. The van der Waals surface area contributed by atoms with Crippen molar-refractivity contribution in [2.75, 3.05) is 0 Å². The summed E-state index contributed by atoms with van der Waals surface area (Å²) in [5, 5.41) is 37.4. The van der Waals surface area contributed by atoms with E-state index in [0.717, 1.165) is 12.1 Å². The summed E-state index contributed by atoms with van der Waals surface area (Å²) in [5.41, 5.74) is -1.89. The van der Waals surface area contributed by atoms with Crippen molar-refractivity contribution in [1.29, 1.82) is 0 Å². The SMILES string of the molecule is O=C(O)c1cccc(-c2ccc(-c3cccc(C(=O)O)c3C(=O)O)o2)c1C(=O)O. The van der Waals surface area contributed by atoms with E-state index < -0.39 is 46.1 Å². The molecular formula is C20H12O9. The van der Waals surface area contributed by atoms with Gasteiger partial charge in [0.05, 0.1) is 22.3 Å². The van der Waals surface area contributed by atoms with Gasteiger partial charge < -0.3 is 24.8 Å². The molecule has 4 N–H and O–H groups in total. The molecule has 0 amide bonds. The number of aromatic carboxylic acids is 4. The van der Waals surface area contributed by atoms with E-state index in [-0.39, 0.29) is 22.6 Å². The summed E-state index contributed by atoms with van der Waals surface area (Å²) < 4.78 is 5.59. The molecule has 0 fully saturated rings. The first kappa shape index (κ1) is 19.4. The third-order valence-electron chi connectivity index (χ3n) is 4.15. The Morgan fingerprint density at radius 3 is 1.24 bits per heavy atom. The summed E-state index contributed by atoms with van der Waals surface area (Å²) in [5.74, 6) is -5.85. The molecule has 29 heavy (non-hydrogen) atoms. The van der Waals surface area contributed by atoms with Gasteiger partial charge in [0.1, 0.15) is 11.5 Å². The molecule has 0 aliphatic carbocycles. The van der Waals surface area contributed by atoms with Crippen LogP contribution < -0.4 is 0 Å². The Hall–Kier alpha value is -4.40. The fourth-order valence-corrected chi connectivity index (χ4v) is 2.96. The van der Waals surface area contributed by atoms with Crippen molar-refractivity contribution in [2.24, 2.45) is 0 Å². The second-order valence-electron chi connectivity index (χ2n) is 5.84. The lowest BCUT2D eigenvalue weighted by molar-refractivity contribution is 0.0652.